The first-order valence-electron chi connectivity index (χ1n) is 6.17. The highest BCUT2D eigenvalue weighted by atomic mass is 16.2. The summed E-state index contributed by atoms with van der Waals surface area (Å²) in [5, 5.41) is 2.95. The first-order valence-corrected chi connectivity index (χ1v) is 6.17. The van der Waals surface area contributed by atoms with Crippen molar-refractivity contribution in [3.05, 3.63) is 35.9 Å². The molecule has 0 heterocycles. The van der Waals surface area contributed by atoms with Gasteiger partial charge in [-0.1, -0.05) is 50.6 Å². The van der Waals surface area contributed by atoms with E-state index in [2.05, 4.69) is 5.32 Å². The summed E-state index contributed by atoms with van der Waals surface area (Å²) in [4.78, 5) is 11.9. The van der Waals surface area contributed by atoms with Gasteiger partial charge in [-0.2, -0.15) is 0 Å². The van der Waals surface area contributed by atoms with Crippen LogP contribution in [0.5, 0.6) is 0 Å². The predicted octanol–water partition coefficient (Wildman–Crippen LogP) is 2.24. The molecule has 3 nitrogen and oxygen atoms in total. The molecular formula is C14H22N2O. The summed E-state index contributed by atoms with van der Waals surface area (Å²) in [6.07, 6.45) is 0.911. The largest absolute Gasteiger partial charge is 0.348 e. The summed E-state index contributed by atoms with van der Waals surface area (Å²) in [6, 6.07) is 9.46. The number of carbonyl (C=O) groups excluding carboxylic acids is 1. The summed E-state index contributed by atoms with van der Waals surface area (Å²) < 4.78 is 0. The predicted molar refractivity (Wildman–Crippen MR) is 70.4 cm³/mol. The quantitative estimate of drug-likeness (QED) is 0.821. The summed E-state index contributed by atoms with van der Waals surface area (Å²) in [7, 11) is 0. The molecule has 0 aliphatic carbocycles. The number of amides is 1. The Bertz CT molecular complexity index is 350. The summed E-state index contributed by atoms with van der Waals surface area (Å²) in [6.45, 7) is 6.01. The Morgan fingerprint density at radius 2 is 1.88 bits per heavy atom. The fraction of sp³-hybridized carbons (Fsp3) is 0.500. The van der Waals surface area contributed by atoms with E-state index in [0.29, 0.717) is 0 Å². The molecule has 94 valence electrons. The third kappa shape index (κ3) is 3.86. The molecule has 0 spiro atoms. The number of carbonyl (C=O) groups is 1. The van der Waals surface area contributed by atoms with Gasteiger partial charge in [-0.25, -0.2) is 0 Å². The summed E-state index contributed by atoms with van der Waals surface area (Å²) >= 11 is 0. The molecule has 0 bridgehead atoms. The fourth-order valence-electron chi connectivity index (χ4n) is 1.65. The number of rotatable bonds is 5. The zero-order chi connectivity index (χ0) is 12.8. The Morgan fingerprint density at radius 1 is 1.29 bits per heavy atom. The van der Waals surface area contributed by atoms with Gasteiger partial charge in [-0.05, 0) is 18.4 Å². The van der Waals surface area contributed by atoms with Crippen molar-refractivity contribution in [2.75, 3.05) is 0 Å². The second-order valence-corrected chi connectivity index (χ2v) is 4.55. The van der Waals surface area contributed by atoms with Gasteiger partial charge in [0.1, 0.15) is 0 Å². The third-order valence-electron chi connectivity index (χ3n) is 3.22. The lowest BCUT2D eigenvalue weighted by Crippen LogP contribution is -2.45. The number of nitrogens with two attached hydrogens (primary N) is 1. The smallest absolute Gasteiger partial charge is 0.237 e. The van der Waals surface area contributed by atoms with E-state index in [1.165, 1.54) is 0 Å². The van der Waals surface area contributed by atoms with Gasteiger partial charge in [0.15, 0.2) is 0 Å². The molecule has 0 saturated carbocycles. The van der Waals surface area contributed by atoms with Crippen LogP contribution in [0.1, 0.15) is 38.8 Å². The molecule has 0 aromatic heterocycles. The molecule has 3 heteroatoms. The van der Waals surface area contributed by atoms with Crippen molar-refractivity contribution in [1.29, 1.82) is 0 Å². The van der Waals surface area contributed by atoms with Crippen LogP contribution in [-0.2, 0) is 4.79 Å². The molecule has 0 saturated heterocycles. The van der Waals surface area contributed by atoms with Crippen molar-refractivity contribution in [3.8, 4) is 0 Å². The minimum atomic E-state index is -0.425. The summed E-state index contributed by atoms with van der Waals surface area (Å²) in [5.41, 5.74) is 6.98. The van der Waals surface area contributed by atoms with Crippen LogP contribution in [0.3, 0.4) is 0 Å². The maximum atomic E-state index is 11.9. The number of benzene rings is 1. The zero-order valence-corrected chi connectivity index (χ0v) is 10.8. The van der Waals surface area contributed by atoms with Gasteiger partial charge in [0.25, 0.3) is 0 Å². The minimum Gasteiger partial charge on any atom is -0.348 e. The molecule has 17 heavy (non-hydrogen) atoms. The van der Waals surface area contributed by atoms with Crippen LogP contribution in [0, 0.1) is 5.92 Å². The summed E-state index contributed by atoms with van der Waals surface area (Å²) in [5.74, 6) is 0.133. The Labute approximate surface area is 103 Å². The van der Waals surface area contributed by atoms with E-state index in [4.69, 9.17) is 5.73 Å². The topological polar surface area (TPSA) is 55.1 Å². The number of nitrogens with one attached hydrogen (secondary N) is 1. The standard InChI is InChI=1S/C14H22N2O/c1-4-10(2)13(15)14(17)16-11(3)12-8-6-5-7-9-12/h5-11,13H,4,15H2,1-3H3,(H,16,17)/t10-,11+,13+/m0/s1. The van der Waals surface area contributed by atoms with E-state index in [1.807, 2.05) is 51.1 Å². The Hall–Kier alpha value is -1.35. The fourth-order valence-corrected chi connectivity index (χ4v) is 1.65. The van der Waals surface area contributed by atoms with Crippen LogP contribution in [0.4, 0.5) is 0 Å². The van der Waals surface area contributed by atoms with Gasteiger partial charge in [-0.3, -0.25) is 4.79 Å². The molecule has 1 aromatic rings. The monoisotopic (exact) mass is 234 g/mol. The molecule has 0 aliphatic rings. The van der Waals surface area contributed by atoms with Gasteiger partial charge in [0.05, 0.1) is 12.1 Å². The van der Waals surface area contributed by atoms with Crippen molar-refractivity contribution >= 4 is 5.91 Å². The van der Waals surface area contributed by atoms with Gasteiger partial charge in [-0.15, -0.1) is 0 Å². The van der Waals surface area contributed by atoms with Crippen LogP contribution in [0.2, 0.25) is 0 Å². The lowest BCUT2D eigenvalue weighted by Gasteiger charge is -2.21. The van der Waals surface area contributed by atoms with Crippen molar-refractivity contribution < 1.29 is 4.79 Å². The molecular weight excluding hydrogens is 212 g/mol. The highest BCUT2D eigenvalue weighted by molar-refractivity contribution is 5.82. The van der Waals surface area contributed by atoms with Crippen molar-refractivity contribution in [2.45, 2.75) is 39.3 Å². The van der Waals surface area contributed by atoms with E-state index in [0.717, 1.165) is 12.0 Å². The van der Waals surface area contributed by atoms with Crippen LogP contribution in [0.25, 0.3) is 0 Å². The Kier molecular flexibility index (Phi) is 5.16. The lowest BCUT2D eigenvalue weighted by molar-refractivity contribution is -0.124. The molecule has 1 amide bonds. The maximum Gasteiger partial charge on any atom is 0.237 e. The molecule has 1 rings (SSSR count). The highest BCUT2D eigenvalue weighted by Gasteiger charge is 2.20. The molecule has 3 N–H and O–H groups in total. The first kappa shape index (κ1) is 13.7. The van der Waals surface area contributed by atoms with Crippen LogP contribution < -0.4 is 11.1 Å². The van der Waals surface area contributed by atoms with E-state index < -0.39 is 6.04 Å². The van der Waals surface area contributed by atoms with Crippen molar-refractivity contribution in [2.24, 2.45) is 11.7 Å². The average Bonchev–Trinajstić information content (AvgIpc) is 2.37. The van der Waals surface area contributed by atoms with Gasteiger partial charge < -0.3 is 11.1 Å². The van der Waals surface area contributed by atoms with Gasteiger partial charge in [0.2, 0.25) is 5.91 Å². The van der Waals surface area contributed by atoms with Crippen LogP contribution >= 0.6 is 0 Å². The van der Waals surface area contributed by atoms with E-state index in [1.54, 1.807) is 0 Å². The van der Waals surface area contributed by atoms with E-state index in [9.17, 15) is 4.79 Å². The third-order valence-corrected chi connectivity index (χ3v) is 3.22. The lowest BCUT2D eigenvalue weighted by atomic mass is 9.98. The Balaban J connectivity index is 2.57. The minimum absolute atomic E-state index is 0.00111. The van der Waals surface area contributed by atoms with Crippen LogP contribution in [-0.4, -0.2) is 11.9 Å². The number of hydrogen-bond acceptors (Lipinski definition) is 2. The normalized spacial score (nSPS) is 16.0. The molecule has 0 aliphatic heterocycles. The van der Waals surface area contributed by atoms with Gasteiger partial charge in [0, 0.05) is 0 Å². The van der Waals surface area contributed by atoms with Crippen molar-refractivity contribution in [3.63, 3.8) is 0 Å². The Morgan fingerprint density at radius 3 is 2.41 bits per heavy atom. The molecule has 1 aromatic carbocycles. The van der Waals surface area contributed by atoms with Crippen LogP contribution in [0.15, 0.2) is 30.3 Å². The maximum absolute atomic E-state index is 11.9. The molecule has 0 radical (unpaired) electrons. The van der Waals surface area contributed by atoms with Crippen molar-refractivity contribution in [1.82, 2.24) is 5.32 Å². The molecule has 3 atom stereocenters. The highest BCUT2D eigenvalue weighted by Crippen LogP contribution is 2.12. The second kappa shape index (κ2) is 6.40. The molecule has 0 fully saturated rings. The van der Waals surface area contributed by atoms with Gasteiger partial charge >= 0.3 is 0 Å². The number of hydrogen-bond donors (Lipinski definition) is 2. The SMILES string of the molecule is CC[C@H](C)[C@@H](N)C(=O)N[C@H](C)c1ccccc1. The second-order valence-electron chi connectivity index (χ2n) is 4.55. The first-order chi connectivity index (χ1) is 8.06. The van der Waals surface area contributed by atoms with E-state index >= 15 is 0 Å². The van der Waals surface area contributed by atoms with E-state index in [-0.39, 0.29) is 17.9 Å². The zero-order valence-electron chi connectivity index (χ0n) is 10.8. The molecule has 0 unspecified atom stereocenters. The average molecular weight is 234 g/mol.